The lowest BCUT2D eigenvalue weighted by Gasteiger charge is -1.93. The molecule has 82 valence electrons. The zero-order chi connectivity index (χ0) is 11.5. The fraction of sp³-hybridized carbons (Fsp3) is 0.167. The Morgan fingerprint density at radius 2 is 2.31 bits per heavy atom. The summed E-state index contributed by atoms with van der Waals surface area (Å²) in [6.45, 7) is 1.91. The molecule has 0 saturated carbocycles. The highest BCUT2D eigenvalue weighted by atomic mass is 16.5. The van der Waals surface area contributed by atoms with Crippen LogP contribution in [0.15, 0.2) is 24.3 Å². The Morgan fingerprint density at radius 3 is 3.06 bits per heavy atom. The maximum Gasteiger partial charge on any atom is 0.330 e. The third kappa shape index (κ3) is 2.11. The minimum Gasteiger partial charge on any atom is -0.466 e. The summed E-state index contributed by atoms with van der Waals surface area (Å²) in [5.41, 5.74) is 2.82. The number of methoxy groups -OCH3 is 1. The van der Waals surface area contributed by atoms with Gasteiger partial charge in [-0.05, 0) is 30.7 Å². The maximum atomic E-state index is 10.9. The van der Waals surface area contributed by atoms with Gasteiger partial charge in [0, 0.05) is 6.08 Å². The lowest BCUT2D eigenvalue weighted by molar-refractivity contribution is -0.134. The van der Waals surface area contributed by atoms with Crippen molar-refractivity contribution in [2.24, 2.45) is 0 Å². The van der Waals surface area contributed by atoms with Crippen LogP contribution in [0.3, 0.4) is 0 Å². The topological polar surface area (TPSA) is 55.0 Å². The third-order valence-corrected chi connectivity index (χ3v) is 2.24. The number of hydrogen-bond acceptors (Lipinski definition) is 3. The van der Waals surface area contributed by atoms with Crippen molar-refractivity contribution in [3.05, 3.63) is 35.7 Å². The number of nitrogens with one attached hydrogen (secondary N) is 1. The van der Waals surface area contributed by atoms with Crippen LogP contribution < -0.4 is 0 Å². The molecule has 1 N–H and O–H groups in total. The van der Waals surface area contributed by atoms with Crippen LogP contribution in [-0.4, -0.2) is 23.0 Å². The third-order valence-electron chi connectivity index (χ3n) is 2.24. The number of carbonyl (C=O) groups is 1. The summed E-state index contributed by atoms with van der Waals surface area (Å²) in [7, 11) is 1.36. The lowest BCUT2D eigenvalue weighted by atomic mass is 10.2. The highest BCUT2D eigenvalue weighted by Crippen LogP contribution is 2.14. The molecule has 0 saturated heterocycles. The highest BCUT2D eigenvalue weighted by molar-refractivity contribution is 5.88. The van der Waals surface area contributed by atoms with E-state index >= 15 is 0 Å². The van der Waals surface area contributed by atoms with Gasteiger partial charge in [-0.3, -0.25) is 0 Å². The molecule has 0 aliphatic heterocycles. The van der Waals surface area contributed by atoms with Gasteiger partial charge in [-0.2, -0.15) is 0 Å². The minimum atomic E-state index is -0.360. The zero-order valence-corrected chi connectivity index (χ0v) is 9.15. The molecule has 0 aliphatic rings. The van der Waals surface area contributed by atoms with Crippen LogP contribution in [-0.2, 0) is 9.53 Å². The summed E-state index contributed by atoms with van der Waals surface area (Å²) in [6, 6.07) is 5.76. The molecular weight excluding hydrogens is 204 g/mol. The van der Waals surface area contributed by atoms with Gasteiger partial charge in [-0.1, -0.05) is 6.07 Å². The molecule has 1 aromatic heterocycles. The molecule has 0 atom stereocenters. The van der Waals surface area contributed by atoms with Crippen LogP contribution in [0.2, 0.25) is 0 Å². The summed E-state index contributed by atoms with van der Waals surface area (Å²) in [5, 5.41) is 0. The maximum absolute atomic E-state index is 10.9. The van der Waals surface area contributed by atoms with Crippen LogP contribution >= 0.6 is 0 Å². The molecule has 4 nitrogen and oxygen atoms in total. The van der Waals surface area contributed by atoms with E-state index in [9.17, 15) is 4.79 Å². The number of fused-ring (bicyclic) bond motifs is 1. The Hall–Kier alpha value is -2.10. The van der Waals surface area contributed by atoms with Crippen molar-refractivity contribution >= 4 is 23.1 Å². The number of esters is 1. The standard InChI is InChI=1S/C12H12N2O2/c1-8-13-10-5-3-9(7-11(10)14-8)4-6-12(15)16-2/h3-7H,1-2H3,(H,13,14). The molecule has 16 heavy (non-hydrogen) atoms. The van der Waals surface area contributed by atoms with Crippen LogP contribution in [0, 0.1) is 6.92 Å². The second kappa shape index (κ2) is 4.18. The summed E-state index contributed by atoms with van der Waals surface area (Å²) in [5.74, 6) is 0.519. The van der Waals surface area contributed by atoms with Crippen LogP contribution in [0.4, 0.5) is 0 Å². The monoisotopic (exact) mass is 216 g/mol. The fourth-order valence-corrected chi connectivity index (χ4v) is 1.49. The summed E-state index contributed by atoms with van der Waals surface area (Å²) < 4.78 is 4.52. The van der Waals surface area contributed by atoms with E-state index in [2.05, 4.69) is 14.7 Å². The number of ether oxygens (including phenoxy) is 1. The molecule has 0 unspecified atom stereocenters. The van der Waals surface area contributed by atoms with Crippen molar-refractivity contribution in [2.45, 2.75) is 6.92 Å². The number of aryl methyl sites for hydroxylation is 1. The number of benzene rings is 1. The van der Waals surface area contributed by atoms with Crippen molar-refractivity contribution in [1.29, 1.82) is 0 Å². The predicted molar refractivity (Wildman–Crippen MR) is 61.9 cm³/mol. The molecule has 0 bridgehead atoms. The molecule has 0 spiro atoms. The second-order valence-corrected chi connectivity index (χ2v) is 3.46. The molecular formula is C12H12N2O2. The summed E-state index contributed by atoms with van der Waals surface area (Å²) in [4.78, 5) is 18.4. The minimum absolute atomic E-state index is 0.360. The van der Waals surface area contributed by atoms with E-state index in [1.807, 2.05) is 25.1 Å². The number of H-pyrrole nitrogens is 1. The van der Waals surface area contributed by atoms with Crippen LogP contribution in [0.5, 0.6) is 0 Å². The highest BCUT2D eigenvalue weighted by Gasteiger charge is 1.99. The molecule has 0 aliphatic carbocycles. The van der Waals surface area contributed by atoms with Crippen molar-refractivity contribution in [2.75, 3.05) is 7.11 Å². The number of aromatic amines is 1. The molecule has 0 fully saturated rings. The van der Waals surface area contributed by atoms with Gasteiger partial charge in [-0.25, -0.2) is 9.78 Å². The van der Waals surface area contributed by atoms with E-state index in [4.69, 9.17) is 0 Å². The van der Waals surface area contributed by atoms with Gasteiger partial charge in [0.05, 0.1) is 18.1 Å². The Kier molecular flexibility index (Phi) is 2.72. The Morgan fingerprint density at radius 1 is 1.50 bits per heavy atom. The molecule has 1 aromatic carbocycles. The Balaban J connectivity index is 2.32. The van der Waals surface area contributed by atoms with E-state index in [-0.39, 0.29) is 5.97 Å². The first-order chi connectivity index (χ1) is 7.69. The van der Waals surface area contributed by atoms with E-state index < -0.39 is 0 Å². The summed E-state index contributed by atoms with van der Waals surface area (Å²) in [6.07, 6.45) is 3.10. The molecule has 0 radical (unpaired) electrons. The number of rotatable bonds is 2. The second-order valence-electron chi connectivity index (χ2n) is 3.46. The molecule has 0 amide bonds. The van der Waals surface area contributed by atoms with Crippen molar-refractivity contribution in [3.8, 4) is 0 Å². The van der Waals surface area contributed by atoms with Gasteiger partial charge in [0.1, 0.15) is 5.82 Å². The van der Waals surface area contributed by atoms with Gasteiger partial charge in [-0.15, -0.1) is 0 Å². The number of aromatic nitrogens is 2. The Labute approximate surface area is 93.0 Å². The number of hydrogen-bond donors (Lipinski definition) is 1. The SMILES string of the molecule is COC(=O)C=Cc1ccc2nc(C)[nH]c2c1. The average Bonchev–Trinajstić information content (AvgIpc) is 2.65. The first-order valence-corrected chi connectivity index (χ1v) is 4.91. The largest absolute Gasteiger partial charge is 0.466 e. The summed E-state index contributed by atoms with van der Waals surface area (Å²) >= 11 is 0. The van der Waals surface area contributed by atoms with Gasteiger partial charge in [0.25, 0.3) is 0 Å². The van der Waals surface area contributed by atoms with E-state index in [1.165, 1.54) is 13.2 Å². The number of nitrogens with zero attached hydrogens (tertiary/aromatic N) is 1. The average molecular weight is 216 g/mol. The van der Waals surface area contributed by atoms with Gasteiger partial charge < -0.3 is 9.72 Å². The van der Waals surface area contributed by atoms with Crippen LogP contribution in [0.1, 0.15) is 11.4 Å². The van der Waals surface area contributed by atoms with Gasteiger partial charge >= 0.3 is 5.97 Å². The molecule has 1 heterocycles. The predicted octanol–water partition coefficient (Wildman–Crippen LogP) is 2.06. The molecule has 4 heteroatoms. The first kappa shape index (κ1) is 10.4. The smallest absolute Gasteiger partial charge is 0.330 e. The number of carbonyl (C=O) groups excluding carboxylic acids is 1. The fourth-order valence-electron chi connectivity index (χ4n) is 1.49. The number of imidazole rings is 1. The van der Waals surface area contributed by atoms with E-state index in [0.717, 1.165) is 22.4 Å². The van der Waals surface area contributed by atoms with Crippen molar-refractivity contribution < 1.29 is 9.53 Å². The molecule has 2 rings (SSSR count). The Bertz CT molecular complexity index is 555. The zero-order valence-electron chi connectivity index (χ0n) is 9.15. The lowest BCUT2D eigenvalue weighted by Crippen LogP contribution is -1.93. The van der Waals surface area contributed by atoms with E-state index in [0.29, 0.717) is 0 Å². The van der Waals surface area contributed by atoms with Crippen molar-refractivity contribution in [1.82, 2.24) is 9.97 Å². The van der Waals surface area contributed by atoms with Gasteiger partial charge in [0.2, 0.25) is 0 Å². The van der Waals surface area contributed by atoms with Crippen molar-refractivity contribution in [3.63, 3.8) is 0 Å². The van der Waals surface area contributed by atoms with Gasteiger partial charge in [0.15, 0.2) is 0 Å². The molecule has 2 aromatic rings. The van der Waals surface area contributed by atoms with E-state index in [1.54, 1.807) is 6.08 Å². The normalized spacial score (nSPS) is 11.1. The quantitative estimate of drug-likeness (QED) is 0.617. The van der Waals surface area contributed by atoms with Crippen LogP contribution in [0.25, 0.3) is 17.1 Å². The first-order valence-electron chi connectivity index (χ1n) is 4.91.